The van der Waals surface area contributed by atoms with Crippen LogP contribution in [0.3, 0.4) is 0 Å². The van der Waals surface area contributed by atoms with E-state index in [0.717, 1.165) is 0 Å². The fourth-order valence-electron chi connectivity index (χ4n) is 1.36. The van der Waals surface area contributed by atoms with Gasteiger partial charge in [-0.3, -0.25) is 0 Å². The van der Waals surface area contributed by atoms with Crippen molar-refractivity contribution in [1.82, 2.24) is 9.78 Å². The Morgan fingerprint density at radius 1 is 1.50 bits per heavy atom. The highest BCUT2D eigenvalue weighted by molar-refractivity contribution is 5.91. The van der Waals surface area contributed by atoms with Crippen LogP contribution in [0, 0.1) is 5.92 Å². The van der Waals surface area contributed by atoms with Gasteiger partial charge in [0.15, 0.2) is 0 Å². The smallest absolute Gasteiger partial charge is 0.345 e. The monoisotopic (exact) mass is 256 g/mol. The minimum absolute atomic E-state index is 0.235. The first-order valence-electron chi connectivity index (χ1n) is 6.02. The van der Waals surface area contributed by atoms with Gasteiger partial charge in [-0.15, -0.1) is 0 Å². The maximum atomic E-state index is 11.7. The molecule has 0 amide bonds. The summed E-state index contributed by atoms with van der Waals surface area (Å²) in [4.78, 5) is 11.7. The summed E-state index contributed by atoms with van der Waals surface area (Å²) >= 11 is 0. The molecule has 0 saturated carbocycles. The Kier molecular flexibility index (Phi) is 5.15. The molecule has 1 N–H and O–H groups in total. The molecule has 0 bridgehead atoms. The average Bonchev–Trinajstić information content (AvgIpc) is 2.70. The number of aliphatic hydroxyl groups excluding tert-OH is 1. The Labute approximate surface area is 107 Å². The Morgan fingerprint density at radius 2 is 2.17 bits per heavy atom. The van der Waals surface area contributed by atoms with E-state index in [2.05, 4.69) is 5.10 Å². The van der Waals surface area contributed by atoms with E-state index in [1.807, 2.05) is 13.8 Å². The Bertz CT molecular complexity index is 399. The number of aliphatic hydroxyl groups is 1. The molecular formula is C12H20N2O4. The lowest BCUT2D eigenvalue weighted by molar-refractivity contribution is 0.0516. The van der Waals surface area contributed by atoms with Gasteiger partial charge in [0.2, 0.25) is 5.88 Å². The lowest BCUT2D eigenvalue weighted by Gasteiger charge is -2.14. The second-order valence-corrected chi connectivity index (χ2v) is 4.37. The van der Waals surface area contributed by atoms with Gasteiger partial charge in [-0.1, -0.05) is 13.8 Å². The maximum absolute atomic E-state index is 11.7. The van der Waals surface area contributed by atoms with Gasteiger partial charge in [-0.05, 0) is 19.8 Å². The van der Waals surface area contributed by atoms with Crippen molar-refractivity contribution in [2.45, 2.75) is 33.9 Å². The molecule has 0 saturated heterocycles. The van der Waals surface area contributed by atoms with E-state index in [1.54, 1.807) is 13.8 Å². The molecular weight excluding hydrogens is 236 g/mol. The van der Waals surface area contributed by atoms with Gasteiger partial charge in [-0.25, -0.2) is 9.48 Å². The molecule has 1 unspecified atom stereocenters. The largest absolute Gasteiger partial charge is 0.477 e. The minimum Gasteiger partial charge on any atom is -0.477 e. The summed E-state index contributed by atoms with van der Waals surface area (Å²) in [6.45, 7) is 7.98. The molecule has 102 valence electrons. The number of aromatic nitrogens is 2. The van der Waals surface area contributed by atoms with Crippen molar-refractivity contribution in [3.63, 3.8) is 0 Å². The van der Waals surface area contributed by atoms with Crippen molar-refractivity contribution in [1.29, 1.82) is 0 Å². The fraction of sp³-hybridized carbons (Fsp3) is 0.667. The van der Waals surface area contributed by atoms with Gasteiger partial charge in [0, 0.05) is 0 Å². The number of esters is 1. The topological polar surface area (TPSA) is 73.6 Å². The second-order valence-electron chi connectivity index (χ2n) is 4.37. The molecule has 1 heterocycles. The Morgan fingerprint density at radius 3 is 2.67 bits per heavy atom. The van der Waals surface area contributed by atoms with Gasteiger partial charge >= 0.3 is 5.97 Å². The molecule has 0 spiro atoms. The molecule has 0 aliphatic carbocycles. The number of nitrogens with zero attached hydrogens (tertiary/aromatic N) is 2. The summed E-state index contributed by atoms with van der Waals surface area (Å²) in [5.74, 6) is 0.0534. The van der Waals surface area contributed by atoms with Gasteiger partial charge in [0.25, 0.3) is 0 Å². The third-order valence-electron chi connectivity index (χ3n) is 2.15. The first-order valence-corrected chi connectivity index (χ1v) is 6.02. The molecule has 1 aromatic heterocycles. The zero-order valence-corrected chi connectivity index (χ0v) is 11.2. The zero-order valence-electron chi connectivity index (χ0n) is 11.2. The molecule has 18 heavy (non-hydrogen) atoms. The Hall–Kier alpha value is -1.56. The highest BCUT2D eigenvalue weighted by Crippen LogP contribution is 2.23. The minimum atomic E-state index is -0.865. The van der Waals surface area contributed by atoms with Crippen LogP contribution in [0.4, 0.5) is 0 Å². The number of rotatable bonds is 6. The fourth-order valence-corrected chi connectivity index (χ4v) is 1.36. The number of ether oxygens (including phenoxy) is 2. The van der Waals surface area contributed by atoms with Crippen molar-refractivity contribution in [3.05, 3.63) is 11.8 Å². The van der Waals surface area contributed by atoms with Crippen LogP contribution in [-0.2, 0) is 4.74 Å². The summed E-state index contributed by atoms with van der Waals surface area (Å²) in [6.07, 6.45) is 0.482. The highest BCUT2D eigenvalue weighted by Gasteiger charge is 2.22. The summed E-state index contributed by atoms with van der Waals surface area (Å²) in [5.41, 5.74) is 0.235. The first-order chi connectivity index (χ1) is 8.47. The van der Waals surface area contributed by atoms with E-state index in [1.165, 1.54) is 10.9 Å². The molecule has 6 heteroatoms. The van der Waals surface area contributed by atoms with Crippen molar-refractivity contribution >= 4 is 5.97 Å². The average molecular weight is 256 g/mol. The molecule has 0 aliphatic heterocycles. The molecule has 0 aromatic carbocycles. The zero-order chi connectivity index (χ0) is 13.7. The highest BCUT2D eigenvalue weighted by atomic mass is 16.5. The van der Waals surface area contributed by atoms with Crippen LogP contribution in [0.15, 0.2) is 6.20 Å². The predicted octanol–water partition coefficient (Wildman–Crippen LogP) is 1.61. The van der Waals surface area contributed by atoms with E-state index >= 15 is 0 Å². The van der Waals surface area contributed by atoms with E-state index in [9.17, 15) is 9.90 Å². The third-order valence-corrected chi connectivity index (χ3v) is 2.15. The molecule has 1 rings (SSSR count). The van der Waals surface area contributed by atoms with E-state index < -0.39 is 12.2 Å². The molecule has 0 fully saturated rings. The van der Waals surface area contributed by atoms with Crippen molar-refractivity contribution in [2.75, 3.05) is 13.2 Å². The second kappa shape index (κ2) is 6.39. The quantitative estimate of drug-likeness (QED) is 0.783. The lowest BCUT2D eigenvalue weighted by Crippen LogP contribution is -2.15. The SMILES string of the molecule is CCOC(=O)c1cnn(C(C)O)c1OCC(C)C. The van der Waals surface area contributed by atoms with Crippen molar-refractivity contribution in [3.8, 4) is 5.88 Å². The van der Waals surface area contributed by atoms with Gasteiger partial charge in [0.1, 0.15) is 11.8 Å². The van der Waals surface area contributed by atoms with Crippen LogP contribution >= 0.6 is 0 Å². The first kappa shape index (κ1) is 14.5. The standard InChI is InChI=1S/C12H20N2O4/c1-5-17-12(16)10-6-13-14(9(4)15)11(10)18-7-8(2)3/h6,8-9,15H,5,7H2,1-4H3. The molecule has 1 atom stereocenters. The molecule has 1 aromatic rings. The number of carbonyl (C=O) groups excluding carboxylic acids is 1. The van der Waals surface area contributed by atoms with Gasteiger partial charge < -0.3 is 14.6 Å². The lowest BCUT2D eigenvalue weighted by atomic mass is 10.2. The third kappa shape index (κ3) is 3.46. The van der Waals surface area contributed by atoms with Crippen LogP contribution < -0.4 is 4.74 Å². The van der Waals surface area contributed by atoms with Crippen molar-refractivity contribution < 1.29 is 19.4 Å². The maximum Gasteiger partial charge on any atom is 0.345 e. The normalized spacial score (nSPS) is 12.6. The summed E-state index contributed by atoms with van der Waals surface area (Å²) in [7, 11) is 0. The molecule has 0 radical (unpaired) electrons. The van der Waals surface area contributed by atoms with Crippen LogP contribution in [0.5, 0.6) is 5.88 Å². The van der Waals surface area contributed by atoms with E-state index in [0.29, 0.717) is 12.5 Å². The van der Waals surface area contributed by atoms with Crippen LogP contribution in [0.2, 0.25) is 0 Å². The summed E-state index contributed by atoms with van der Waals surface area (Å²) < 4.78 is 11.7. The predicted molar refractivity (Wildman–Crippen MR) is 65.4 cm³/mol. The van der Waals surface area contributed by atoms with Crippen LogP contribution in [-0.4, -0.2) is 34.1 Å². The Balaban J connectivity index is 2.99. The van der Waals surface area contributed by atoms with Gasteiger partial charge in [-0.2, -0.15) is 5.10 Å². The van der Waals surface area contributed by atoms with E-state index in [-0.39, 0.29) is 18.1 Å². The van der Waals surface area contributed by atoms with Crippen LogP contribution in [0.1, 0.15) is 44.3 Å². The molecule has 0 aliphatic rings. The van der Waals surface area contributed by atoms with Crippen molar-refractivity contribution in [2.24, 2.45) is 5.92 Å². The number of carbonyl (C=O) groups is 1. The number of hydrogen-bond acceptors (Lipinski definition) is 5. The summed E-state index contributed by atoms with van der Waals surface area (Å²) in [5, 5.41) is 13.5. The van der Waals surface area contributed by atoms with Crippen LogP contribution in [0.25, 0.3) is 0 Å². The number of hydrogen-bond donors (Lipinski definition) is 1. The van der Waals surface area contributed by atoms with E-state index in [4.69, 9.17) is 9.47 Å². The molecule has 6 nitrogen and oxygen atoms in total. The van der Waals surface area contributed by atoms with Gasteiger partial charge in [0.05, 0.1) is 19.4 Å². The summed E-state index contributed by atoms with van der Waals surface area (Å²) in [6, 6.07) is 0.